The molecule has 0 aromatic heterocycles. The molecule has 1 radical (unpaired) electrons. The van der Waals surface area contributed by atoms with E-state index in [0.717, 1.165) is 6.42 Å². The molecule has 0 saturated carbocycles. The Hall–Kier alpha value is 0.0700. The molecule has 0 aromatic rings. The van der Waals surface area contributed by atoms with E-state index in [0.29, 0.717) is 19.5 Å². The Morgan fingerprint density at radius 3 is 2.36 bits per heavy atom. The third-order valence-corrected chi connectivity index (χ3v) is 2.76. The number of hydrogen-bond acceptors (Lipinski definition) is 3. The summed E-state index contributed by atoms with van der Waals surface area (Å²) in [6.07, 6.45) is 1.54. The zero-order chi connectivity index (χ0) is 11.2. The molecule has 14 heavy (non-hydrogen) atoms. The van der Waals surface area contributed by atoms with Gasteiger partial charge in [0.1, 0.15) is 0 Å². The number of nitrogens with zero attached hydrogens (tertiary/aromatic N) is 1. The number of hydrogen-bond donors (Lipinski definition) is 3. The van der Waals surface area contributed by atoms with Crippen LogP contribution >= 0.6 is 7.60 Å². The van der Waals surface area contributed by atoms with Crippen molar-refractivity contribution in [2.75, 3.05) is 19.6 Å². The van der Waals surface area contributed by atoms with Gasteiger partial charge in [-0.2, -0.15) is 0 Å². The van der Waals surface area contributed by atoms with Gasteiger partial charge in [0.05, 0.1) is 0 Å². The zero-order valence-corrected chi connectivity index (χ0v) is 9.36. The van der Waals surface area contributed by atoms with Crippen molar-refractivity contribution in [1.29, 1.82) is 0 Å². The van der Waals surface area contributed by atoms with Gasteiger partial charge in [-0.1, -0.05) is 13.8 Å². The maximum atomic E-state index is 10.7. The van der Waals surface area contributed by atoms with E-state index in [9.17, 15) is 9.67 Å². The van der Waals surface area contributed by atoms with Crippen LogP contribution in [0.3, 0.4) is 0 Å². The second-order valence-electron chi connectivity index (χ2n) is 3.22. The summed E-state index contributed by atoms with van der Waals surface area (Å²) in [6, 6.07) is 0. The third kappa shape index (κ3) is 5.73. The van der Waals surface area contributed by atoms with Gasteiger partial charge in [-0.25, -0.2) is 0 Å². The highest BCUT2D eigenvalue weighted by Gasteiger charge is 2.27. The van der Waals surface area contributed by atoms with Crippen molar-refractivity contribution in [3.63, 3.8) is 0 Å². The lowest BCUT2D eigenvalue weighted by atomic mass is 10.3. The average Bonchev–Trinajstić information content (AvgIpc) is 2.03. The predicted molar refractivity (Wildman–Crippen MR) is 54.8 cm³/mol. The molecule has 0 bridgehead atoms. The van der Waals surface area contributed by atoms with Gasteiger partial charge in [0.2, 0.25) is 0 Å². The summed E-state index contributed by atoms with van der Waals surface area (Å²) in [6.45, 7) is 7.00. The van der Waals surface area contributed by atoms with Crippen LogP contribution in [0.1, 0.15) is 19.8 Å². The first kappa shape index (κ1) is 14.1. The summed E-state index contributed by atoms with van der Waals surface area (Å²) in [7, 11) is -4.36. The Morgan fingerprint density at radius 1 is 1.43 bits per heavy atom. The molecule has 0 spiro atoms. The molecule has 0 fully saturated rings. The number of aliphatic hydroxyl groups is 1. The van der Waals surface area contributed by atoms with Gasteiger partial charge in [-0.3, -0.25) is 4.57 Å². The highest BCUT2D eigenvalue weighted by atomic mass is 31.2. The molecule has 0 aliphatic heterocycles. The molecule has 0 aromatic carbocycles. The van der Waals surface area contributed by atoms with Gasteiger partial charge in [-0.15, -0.1) is 0 Å². The first-order chi connectivity index (χ1) is 6.41. The van der Waals surface area contributed by atoms with E-state index in [2.05, 4.69) is 6.92 Å². The van der Waals surface area contributed by atoms with Crippen LogP contribution in [-0.4, -0.2) is 45.3 Å². The van der Waals surface area contributed by atoms with Crippen LogP contribution in [0.15, 0.2) is 0 Å². The lowest BCUT2D eigenvalue weighted by Gasteiger charge is -2.24. The number of rotatable bonds is 7. The summed E-state index contributed by atoms with van der Waals surface area (Å²) in [4.78, 5) is 19.2. The van der Waals surface area contributed by atoms with Crippen molar-refractivity contribution in [2.24, 2.45) is 0 Å². The van der Waals surface area contributed by atoms with Gasteiger partial charge in [0, 0.05) is 6.54 Å². The summed E-state index contributed by atoms with van der Waals surface area (Å²) < 4.78 is 10.7. The van der Waals surface area contributed by atoms with E-state index < -0.39 is 13.4 Å². The maximum Gasteiger partial charge on any atom is 0.355 e. The summed E-state index contributed by atoms with van der Waals surface area (Å²) in [5.41, 5.74) is 0. The summed E-state index contributed by atoms with van der Waals surface area (Å²) in [5.74, 6) is -1.58. The van der Waals surface area contributed by atoms with E-state index in [1.165, 1.54) is 0 Å². The fourth-order valence-corrected chi connectivity index (χ4v) is 1.62. The van der Waals surface area contributed by atoms with Gasteiger partial charge in [0.25, 0.3) is 0 Å². The first-order valence-corrected chi connectivity index (χ1v) is 6.34. The van der Waals surface area contributed by atoms with Crippen LogP contribution in [0, 0.1) is 6.92 Å². The van der Waals surface area contributed by atoms with Gasteiger partial charge in [-0.05, 0) is 25.9 Å². The molecule has 5 nitrogen and oxygen atoms in total. The molecule has 0 amide bonds. The summed E-state index contributed by atoms with van der Waals surface area (Å²) >= 11 is 0. The molecule has 0 saturated heterocycles. The van der Waals surface area contributed by atoms with E-state index in [-0.39, 0.29) is 6.54 Å². The van der Waals surface area contributed by atoms with Gasteiger partial charge in [0.15, 0.2) is 5.85 Å². The minimum Gasteiger partial charge on any atom is -0.379 e. The van der Waals surface area contributed by atoms with Gasteiger partial charge >= 0.3 is 7.60 Å². The molecule has 0 rings (SSSR count). The average molecular weight is 224 g/mol. The minimum absolute atomic E-state index is 0.00758. The second kappa shape index (κ2) is 6.53. The molecule has 85 valence electrons. The molecule has 1 atom stereocenters. The van der Waals surface area contributed by atoms with Crippen molar-refractivity contribution in [2.45, 2.75) is 25.6 Å². The molecule has 0 aliphatic carbocycles. The molecule has 1 unspecified atom stereocenters. The van der Waals surface area contributed by atoms with Crippen LogP contribution in [0.4, 0.5) is 0 Å². The van der Waals surface area contributed by atoms with Crippen LogP contribution in [0.2, 0.25) is 0 Å². The molecule has 0 aliphatic rings. The standard InChI is InChI=1S/C8H19NO4P/c1-3-5-9(6-4-2)7-8(10)14(11,12)13/h8,10H,1,3-7H2,2H3,(H2,11,12,13). The summed E-state index contributed by atoms with van der Waals surface area (Å²) in [5, 5.41) is 9.18. The normalized spacial score (nSPS) is 14.7. The third-order valence-electron chi connectivity index (χ3n) is 1.82. The zero-order valence-electron chi connectivity index (χ0n) is 8.46. The first-order valence-electron chi connectivity index (χ1n) is 4.66. The van der Waals surface area contributed by atoms with Crippen molar-refractivity contribution < 1.29 is 19.5 Å². The predicted octanol–water partition coefficient (Wildman–Crippen LogP) is 0.419. The molecule has 0 heterocycles. The minimum atomic E-state index is -4.36. The van der Waals surface area contributed by atoms with Gasteiger partial charge < -0.3 is 19.8 Å². The van der Waals surface area contributed by atoms with Crippen molar-refractivity contribution >= 4 is 7.60 Å². The highest BCUT2D eigenvalue weighted by Crippen LogP contribution is 2.39. The Morgan fingerprint density at radius 2 is 2.00 bits per heavy atom. The Bertz CT molecular complexity index is 188. The highest BCUT2D eigenvalue weighted by molar-refractivity contribution is 7.52. The van der Waals surface area contributed by atoms with Crippen molar-refractivity contribution in [1.82, 2.24) is 4.90 Å². The van der Waals surface area contributed by atoms with Crippen LogP contribution in [0.25, 0.3) is 0 Å². The molecule has 6 heteroatoms. The Labute approximate surface area is 84.9 Å². The fraction of sp³-hybridized carbons (Fsp3) is 0.875. The van der Waals surface area contributed by atoms with Crippen LogP contribution in [0.5, 0.6) is 0 Å². The Balaban J connectivity index is 4.08. The molecular weight excluding hydrogens is 205 g/mol. The number of aliphatic hydroxyl groups excluding tert-OH is 1. The lowest BCUT2D eigenvalue weighted by Crippen LogP contribution is -2.33. The SMILES string of the molecule is [CH2]CCN(CCC)CC(O)P(=O)(O)O. The van der Waals surface area contributed by atoms with E-state index in [4.69, 9.17) is 9.79 Å². The Kier molecular flexibility index (Phi) is 6.57. The van der Waals surface area contributed by atoms with Crippen molar-refractivity contribution in [3.05, 3.63) is 6.92 Å². The monoisotopic (exact) mass is 224 g/mol. The molecular formula is C8H19NO4P. The van der Waals surface area contributed by atoms with E-state index in [1.807, 2.05) is 6.92 Å². The largest absolute Gasteiger partial charge is 0.379 e. The maximum absolute atomic E-state index is 10.7. The topological polar surface area (TPSA) is 81.0 Å². The van der Waals surface area contributed by atoms with E-state index >= 15 is 0 Å². The van der Waals surface area contributed by atoms with Crippen molar-refractivity contribution in [3.8, 4) is 0 Å². The fourth-order valence-electron chi connectivity index (χ4n) is 1.17. The molecule has 3 N–H and O–H groups in total. The second-order valence-corrected chi connectivity index (χ2v) is 5.00. The van der Waals surface area contributed by atoms with Crippen LogP contribution in [-0.2, 0) is 4.57 Å². The van der Waals surface area contributed by atoms with Crippen LogP contribution < -0.4 is 0 Å². The smallest absolute Gasteiger partial charge is 0.355 e. The quantitative estimate of drug-likeness (QED) is 0.546. The van der Waals surface area contributed by atoms with E-state index in [1.54, 1.807) is 4.90 Å². The lowest BCUT2D eigenvalue weighted by molar-refractivity contribution is 0.142.